The number of benzene rings is 1. The number of nitrogens with zero attached hydrogens (tertiary/aromatic N) is 1. The molecule has 2 aliphatic rings. The predicted molar refractivity (Wildman–Crippen MR) is 104 cm³/mol. The van der Waals surface area contributed by atoms with Crippen molar-refractivity contribution in [1.82, 2.24) is 9.62 Å². The summed E-state index contributed by atoms with van der Waals surface area (Å²) in [5.41, 5.74) is 0.256. The van der Waals surface area contributed by atoms with Crippen molar-refractivity contribution in [3.8, 4) is 5.75 Å². The summed E-state index contributed by atoms with van der Waals surface area (Å²) in [4.78, 5) is 11.7. The highest BCUT2D eigenvalue weighted by atomic mass is 35.5. The van der Waals surface area contributed by atoms with Gasteiger partial charge in [-0.3, -0.25) is 0 Å². The van der Waals surface area contributed by atoms with Gasteiger partial charge in [-0.15, -0.1) is 12.4 Å². The lowest BCUT2D eigenvalue weighted by Gasteiger charge is -2.32. The van der Waals surface area contributed by atoms with E-state index in [2.05, 4.69) is 10.1 Å². The monoisotopic (exact) mass is 418 g/mol. The number of ether oxygens (including phenoxy) is 2. The van der Waals surface area contributed by atoms with E-state index in [4.69, 9.17) is 4.74 Å². The van der Waals surface area contributed by atoms with Crippen molar-refractivity contribution in [2.45, 2.75) is 36.6 Å². The molecule has 0 amide bonds. The number of carbonyl (C=O) groups is 1. The van der Waals surface area contributed by atoms with Gasteiger partial charge in [-0.25, -0.2) is 13.2 Å². The fourth-order valence-corrected chi connectivity index (χ4v) is 4.83. The number of sulfonamides is 1. The third-order valence-corrected chi connectivity index (χ3v) is 6.99. The summed E-state index contributed by atoms with van der Waals surface area (Å²) >= 11 is 0. The van der Waals surface area contributed by atoms with Crippen molar-refractivity contribution in [2.24, 2.45) is 5.92 Å². The quantitative estimate of drug-likeness (QED) is 0.682. The molecule has 1 saturated heterocycles. The van der Waals surface area contributed by atoms with Crippen LogP contribution in [0.1, 0.15) is 36.0 Å². The van der Waals surface area contributed by atoms with Gasteiger partial charge in [0, 0.05) is 19.1 Å². The van der Waals surface area contributed by atoms with Gasteiger partial charge in [-0.1, -0.05) is 0 Å². The molecule has 1 saturated carbocycles. The first-order valence-electron chi connectivity index (χ1n) is 8.95. The molecule has 152 valence electrons. The van der Waals surface area contributed by atoms with Gasteiger partial charge in [0.15, 0.2) is 0 Å². The van der Waals surface area contributed by atoms with Crippen LogP contribution in [0.2, 0.25) is 0 Å². The first kappa shape index (κ1) is 21.9. The lowest BCUT2D eigenvalue weighted by molar-refractivity contribution is 0.0600. The Morgan fingerprint density at radius 3 is 2.41 bits per heavy atom. The van der Waals surface area contributed by atoms with Crippen molar-refractivity contribution >= 4 is 28.4 Å². The topological polar surface area (TPSA) is 84.9 Å². The Labute approximate surface area is 166 Å². The van der Waals surface area contributed by atoms with Gasteiger partial charge < -0.3 is 14.8 Å². The predicted octanol–water partition coefficient (Wildman–Crippen LogP) is 2.06. The van der Waals surface area contributed by atoms with Gasteiger partial charge >= 0.3 is 5.97 Å². The molecule has 1 N–H and O–H groups in total. The average molecular weight is 419 g/mol. The van der Waals surface area contributed by atoms with E-state index >= 15 is 0 Å². The van der Waals surface area contributed by atoms with Crippen molar-refractivity contribution < 1.29 is 22.7 Å². The van der Waals surface area contributed by atoms with E-state index < -0.39 is 16.0 Å². The van der Waals surface area contributed by atoms with Gasteiger partial charge in [0.25, 0.3) is 0 Å². The third kappa shape index (κ3) is 5.13. The summed E-state index contributed by atoms with van der Waals surface area (Å²) in [5, 5.41) is 3.55. The summed E-state index contributed by atoms with van der Waals surface area (Å²) in [6.07, 6.45) is 4.21. The third-order valence-electron chi connectivity index (χ3n) is 5.05. The molecule has 1 aliphatic heterocycles. The van der Waals surface area contributed by atoms with Crippen molar-refractivity contribution in [1.29, 1.82) is 0 Å². The van der Waals surface area contributed by atoms with Crippen LogP contribution >= 0.6 is 12.4 Å². The molecule has 1 aromatic rings. The molecule has 1 heterocycles. The van der Waals surface area contributed by atoms with Crippen LogP contribution in [0.3, 0.4) is 0 Å². The second-order valence-corrected chi connectivity index (χ2v) is 8.79. The molecule has 7 nitrogen and oxygen atoms in total. The van der Waals surface area contributed by atoms with Gasteiger partial charge in [0.05, 0.1) is 19.8 Å². The molecular formula is C18H27ClN2O5S. The molecule has 3 rings (SSSR count). The van der Waals surface area contributed by atoms with E-state index in [1.165, 1.54) is 49.6 Å². The van der Waals surface area contributed by atoms with E-state index in [0.717, 1.165) is 25.3 Å². The fourth-order valence-electron chi connectivity index (χ4n) is 3.22. The Bertz CT molecular complexity index is 759. The zero-order chi connectivity index (χ0) is 18.7. The lowest BCUT2D eigenvalue weighted by Crippen LogP contribution is -2.45. The van der Waals surface area contributed by atoms with Gasteiger partial charge in [0.1, 0.15) is 10.6 Å². The van der Waals surface area contributed by atoms with Crippen LogP contribution in [-0.4, -0.2) is 58.6 Å². The standard InChI is InChI=1S/C18H26N2O5S.ClH/c1-24-16-11-14(18(21)25-2)5-6-17(16)26(22,23)20-9-7-15(8-10-20)19-12-13-3-4-13;/h5-6,11,13,15,19H,3-4,7-10,12H2,1-2H3;1H. The minimum atomic E-state index is -3.67. The summed E-state index contributed by atoms with van der Waals surface area (Å²) in [6.45, 7) is 2.00. The number of carbonyl (C=O) groups excluding carboxylic acids is 1. The highest BCUT2D eigenvalue weighted by Crippen LogP contribution is 2.31. The van der Waals surface area contributed by atoms with Crippen LogP contribution in [0, 0.1) is 5.92 Å². The first-order valence-corrected chi connectivity index (χ1v) is 10.4. The molecule has 0 aromatic heterocycles. The second-order valence-electron chi connectivity index (χ2n) is 6.89. The van der Waals surface area contributed by atoms with E-state index in [-0.39, 0.29) is 28.6 Å². The Balaban J connectivity index is 0.00000261. The fraction of sp³-hybridized carbons (Fsp3) is 0.611. The van der Waals surface area contributed by atoms with Crippen molar-refractivity contribution in [3.63, 3.8) is 0 Å². The maximum atomic E-state index is 13.0. The van der Waals surface area contributed by atoms with E-state index in [0.29, 0.717) is 19.1 Å². The number of halogens is 1. The molecule has 9 heteroatoms. The highest BCUT2D eigenvalue weighted by Gasteiger charge is 2.32. The molecule has 0 spiro atoms. The molecule has 1 aliphatic carbocycles. The second kappa shape index (κ2) is 9.23. The minimum absolute atomic E-state index is 0. The SMILES string of the molecule is COC(=O)c1ccc(S(=O)(=O)N2CCC(NCC3CC3)CC2)c(OC)c1.Cl. The molecule has 0 unspecified atom stereocenters. The molecule has 1 aromatic carbocycles. The van der Waals surface area contributed by atoms with Crippen LogP contribution in [0.15, 0.2) is 23.1 Å². The molecular weight excluding hydrogens is 392 g/mol. The lowest BCUT2D eigenvalue weighted by atomic mass is 10.1. The molecule has 0 atom stereocenters. The number of methoxy groups -OCH3 is 2. The number of hydrogen-bond acceptors (Lipinski definition) is 6. The molecule has 27 heavy (non-hydrogen) atoms. The largest absolute Gasteiger partial charge is 0.495 e. The summed E-state index contributed by atoms with van der Waals surface area (Å²) in [6, 6.07) is 4.65. The van der Waals surface area contributed by atoms with Crippen molar-refractivity contribution in [2.75, 3.05) is 33.9 Å². The number of nitrogens with one attached hydrogen (secondary N) is 1. The molecule has 0 radical (unpaired) electrons. The highest BCUT2D eigenvalue weighted by molar-refractivity contribution is 7.89. The maximum absolute atomic E-state index is 13.0. The number of esters is 1. The van der Waals surface area contributed by atoms with Crippen LogP contribution in [0.5, 0.6) is 5.75 Å². The van der Waals surface area contributed by atoms with Gasteiger partial charge in [0.2, 0.25) is 10.0 Å². The molecule has 2 fully saturated rings. The Morgan fingerprint density at radius 2 is 1.85 bits per heavy atom. The minimum Gasteiger partial charge on any atom is -0.495 e. The normalized spacial score (nSPS) is 18.6. The number of piperidine rings is 1. The van der Waals surface area contributed by atoms with Crippen LogP contribution in [0.4, 0.5) is 0 Å². The summed E-state index contributed by atoms with van der Waals surface area (Å²) in [5.74, 6) is 0.436. The Kier molecular flexibility index (Phi) is 7.50. The zero-order valence-corrected chi connectivity index (χ0v) is 17.3. The van der Waals surface area contributed by atoms with E-state index in [1.807, 2.05) is 0 Å². The smallest absolute Gasteiger partial charge is 0.337 e. The average Bonchev–Trinajstić information content (AvgIpc) is 3.50. The van der Waals surface area contributed by atoms with Gasteiger partial charge in [-0.05, 0) is 56.3 Å². The van der Waals surface area contributed by atoms with E-state index in [9.17, 15) is 13.2 Å². The number of hydrogen-bond donors (Lipinski definition) is 1. The summed E-state index contributed by atoms with van der Waals surface area (Å²) < 4.78 is 37.4. The Morgan fingerprint density at radius 1 is 1.19 bits per heavy atom. The first-order chi connectivity index (χ1) is 12.5. The Hall–Kier alpha value is -1.35. The van der Waals surface area contributed by atoms with Crippen LogP contribution in [0.25, 0.3) is 0 Å². The summed E-state index contributed by atoms with van der Waals surface area (Å²) in [7, 11) is -0.997. The van der Waals surface area contributed by atoms with Gasteiger partial charge in [-0.2, -0.15) is 4.31 Å². The number of rotatable bonds is 7. The zero-order valence-electron chi connectivity index (χ0n) is 15.6. The van der Waals surface area contributed by atoms with Crippen molar-refractivity contribution in [3.05, 3.63) is 23.8 Å². The van der Waals surface area contributed by atoms with Crippen LogP contribution < -0.4 is 10.1 Å². The molecule has 0 bridgehead atoms. The van der Waals surface area contributed by atoms with Crippen LogP contribution in [-0.2, 0) is 14.8 Å². The van der Waals surface area contributed by atoms with E-state index in [1.54, 1.807) is 0 Å². The maximum Gasteiger partial charge on any atom is 0.337 e.